The molecule has 1 aliphatic rings. The van der Waals surface area contributed by atoms with Crippen LogP contribution in [-0.4, -0.2) is 17.4 Å². The number of nitrogens with two attached hydrogens (primary N) is 1. The fourth-order valence-corrected chi connectivity index (χ4v) is 2.20. The van der Waals surface area contributed by atoms with E-state index in [0.29, 0.717) is 6.54 Å². The number of nitrogens with zero attached hydrogens (tertiary/aromatic N) is 1. The number of nitro groups is 1. The number of nitrogens with one attached hydrogen (secondary N) is 1. The molecule has 0 unspecified atom stereocenters. The molecule has 0 spiro atoms. The summed E-state index contributed by atoms with van der Waals surface area (Å²) in [5.74, 6) is 0.449. The van der Waals surface area contributed by atoms with Crippen molar-refractivity contribution in [2.75, 3.05) is 12.3 Å². The summed E-state index contributed by atoms with van der Waals surface area (Å²) < 4.78 is 0. The molecule has 0 aliphatic heterocycles. The van der Waals surface area contributed by atoms with Gasteiger partial charge in [-0.3, -0.25) is 14.9 Å². The van der Waals surface area contributed by atoms with Gasteiger partial charge in [-0.25, -0.2) is 0 Å². The van der Waals surface area contributed by atoms with Crippen LogP contribution in [0.4, 0.5) is 11.4 Å². The Hall–Kier alpha value is -1.82. The maximum atomic E-state index is 11.9. The summed E-state index contributed by atoms with van der Waals surface area (Å²) in [5.41, 5.74) is 5.19. The zero-order chi connectivity index (χ0) is 14.7. The van der Waals surface area contributed by atoms with Crippen molar-refractivity contribution >= 4 is 28.9 Å². The van der Waals surface area contributed by atoms with Crippen molar-refractivity contribution in [2.24, 2.45) is 5.92 Å². The lowest BCUT2D eigenvalue weighted by Gasteiger charge is -2.07. The molecule has 0 aromatic heterocycles. The van der Waals surface area contributed by atoms with E-state index in [-0.39, 0.29) is 27.9 Å². The predicted octanol–water partition coefficient (Wildman–Crippen LogP) is 2.75. The summed E-state index contributed by atoms with van der Waals surface area (Å²) >= 11 is 5.81. The van der Waals surface area contributed by atoms with E-state index in [1.807, 2.05) is 0 Å². The molecule has 108 valence electrons. The lowest BCUT2D eigenvalue weighted by atomic mass is 10.1. The molecule has 20 heavy (non-hydrogen) atoms. The Kier molecular flexibility index (Phi) is 4.44. The Labute approximate surface area is 121 Å². The fourth-order valence-electron chi connectivity index (χ4n) is 1.99. The van der Waals surface area contributed by atoms with Crippen LogP contribution in [0.1, 0.15) is 36.0 Å². The number of anilines is 1. The van der Waals surface area contributed by atoms with Crippen molar-refractivity contribution < 1.29 is 9.72 Å². The van der Waals surface area contributed by atoms with Crippen molar-refractivity contribution in [2.45, 2.75) is 25.7 Å². The van der Waals surface area contributed by atoms with Crippen molar-refractivity contribution in [1.29, 1.82) is 0 Å². The van der Waals surface area contributed by atoms with E-state index in [1.54, 1.807) is 0 Å². The van der Waals surface area contributed by atoms with Gasteiger partial charge in [0.2, 0.25) is 0 Å². The number of halogens is 1. The highest BCUT2D eigenvalue weighted by Gasteiger charge is 2.21. The van der Waals surface area contributed by atoms with Gasteiger partial charge in [-0.1, -0.05) is 24.4 Å². The maximum absolute atomic E-state index is 11.9. The minimum absolute atomic E-state index is 0.0160. The number of nitro benzene ring substituents is 1. The molecule has 7 heteroatoms. The minimum Gasteiger partial charge on any atom is -0.392 e. The van der Waals surface area contributed by atoms with E-state index in [1.165, 1.54) is 18.9 Å². The molecule has 0 heterocycles. The summed E-state index contributed by atoms with van der Waals surface area (Å²) in [6.07, 6.45) is 4.60. The molecule has 6 nitrogen and oxygen atoms in total. The zero-order valence-electron chi connectivity index (χ0n) is 10.9. The summed E-state index contributed by atoms with van der Waals surface area (Å²) in [5, 5.41) is 13.6. The second-order valence-electron chi connectivity index (χ2n) is 4.99. The molecule has 1 saturated carbocycles. The Morgan fingerprint density at radius 2 is 2.20 bits per heavy atom. The van der Waals surface area contributed by atoms with Crippen LogP contribution >= 0.6 is 11.6 Å². The van der Waals surface area contributed by atoms with Gasteiger partial charge in [0, 0.05) is 18.2 Å². The molecule has 1 aromatic carbocycles. The van der Waals surface area contributed by atoms with Gasteiger partial charge in [-0.2, -0.15) is 0 Å². The van der Waals surface area contributed by atoms with Gasteiger partial charge in [0.05, 0.1) is 9.95 Å². The number of hydrogen-bond acceptors (Lipinski definition) is 4. The molecular weight excluding hydrogens is 282 g/mol. The quantitative estimate of drug-likeness (QED) is 0.365. The molecule has 1 fully saturated rings. The molecule has 0 radical (unpaired) electrons. The van der Waals surface area contributed by atoms with Gasteiger partial charge >= 0.3 is 0 Å². The molecule has 1 aromatic rings. The van der Waals surface area contributed by atoms with Crippen molar-refractivity contribution in [3.05, 3.63) is 32.8 Å². The van der Waals surface area contributed by atoms with Gasteiger partial charge < -0.3 is 11.1 Å². The van der Waals surface area contributed by atoms with Gasteiger partial charge in [-0.15, -0.1) is 0 Å². The van der Waals surface area contributed by atoms with Gasteiger partial charge in [0.15, 0.2) is 0 Å². The molecule has 1 aliphatic carbocycles. The van der Waals surface area contributed by atoms with Crippen molar-refractivity contribution in [3.63, 3.8) is 0 Å². The van der Waals surface area contributed by atoms with Crippen LogP contribution in [0.2, 0.25) is 5.02 Å². The standard InChI is InChI=1S/C13H16ClN3O3/c14-10-6-9(7-11(12(10)15)17(19)20)13(18)16-5-1-2-8-3-4-8/h6-8H,1-5,15H2,(H,16,18). The molecule has 0 saturated heterocycles. The van der Waals surface area contributed by atoms with E-state index < -0.39 is 4.92 Å². The Balaban J connectivity index is 1.99. The van der Waals surface area contributed by atoms with Crippen LogP contribution in [0.5, 0.6) is 0 Å². The number of nitrogen functional groups attached to an aromatic ring is 1. The highest BCUT2D eigenvalue weighted by atomic mass is 35.5. The topological polar surface area (TPSA) is 98.3 Å². The number of rotatable bonds is 6. The Morgan fingerprint density at radius 1 is 1.50 bits per heavy atom. The number of benzene rings is 1. The van der Waals surface area contributed by atoms with E-state index in [0.717, 1.165) is 24.8 Å². The predicted molar refractivity (Wildman–Crippen MR) is 76.8 cm³/mol. The molecular formula is C13H16ClN3O3. The highest BCUT2D eigenvalue weighted by molar-refractivity contribution is 6.34. The number of amides is 1. The van der Waals surface area contributed by atoms with E-state index in [9.17, 15) is 14.9 Å². The number of hydrogen-bond donors (Lipinski definition) is 2. The monoisotopic (exact) mass is 297 g/mol. The smallest absolute Gasteiger partial charge is 0.294 e. The van der Waals surface area contributed by atoms with E-state index in [2.05, 4.69) is 5.32 Å². The Morgan fingerprint density at radius 3 is 2.80 bits per heavy atom. The average molecular weight is 298 g/mol. The maximum Gasteiger partial charge on any atom is 0.294 e. The fraction of sp³-hybridized carbons (Fsp3) is 0.462. The first-order valence-electron chi connectivity index (χ1n) is 6.50. The zero-order valence-corrected chi connectivity index (χ0v) is 11.7. The van der Waals surface area contributed by atoms with Crippen LogP contribution < -0.4 is 11.1 Å². The van der Waals surface area contributed by atoms with Crippen LogP contribution in [0, 0.1) is 16.0 Å². The van der Waals surface area contributed by atoms with Gasteiger partial charge in [0.25, 0.3) is 11.6 Å². The second-order valence-corrected chi connectivity index (χ2v) is 5.40. The third kappa shape index (κ3) is 3.60. The molecule has 3 N–H and O–H groups in total. The van der Waals surface area contributed by atoms with Crippen LogP contribution in [0.25, 0.3) is 0 Å². The third-order valence-corrected chi connectivity index (χ3v) is 3.65. The first-order valence-corrected chi connectivity index (χ1v) is 6.88. The van der Waals surface area contributed by atoms with Crippen LogP contribution in [0.3, 0.4) is 0 Å². The lowest BCUT2D eigenvalue weighted by Crippen LogP contribution is -2.24. The minimum atomic E-state index is -0.648. The molecule has 0 bridgehead atoms. The average Bonchev–Trinajstić information content (AvgIpc) is 3.21. The number of carbonyl (C=O) groups is 1. The third-order valence-electron chi connectivity index (χ3n) is 3.34. The van der Waals surface area contributed by atoms with Crippen molar-refractivity contribution in [1.82, 2.24) is 5.32 Å². The largest absolute Gasteiger partial charge is 0.392 e. The summed E-state index contributed by atoms with van der Waals surface area (Å²) in [4.78, 5) is 22.1. The summed E-state index contributed by atoms with van der Waals surface area (Å²) in [6, 6.07) is 2.50. The van der Waals surface area contributed by atoms with E-state index >= 15 is 0 Å². The van der Waals surface area contributed by atoms with E-state index in [4.69, 9.17) is 17.3 Å². The van der Waals surface area contributed by atoms with Crippen LogP contribution in [0.15, 0.2) is 12.1 Å². The summed E-state index contributed by atoms with van der Waals surface area (Å²) in [6.45, 7) is 0.561. The highest BCUT2D eigenvalue weighted by Crippen LogP contribution is 2.33. The van der Waals surface area contributed by atoms with Crippen LogP contribution in [-0.2, 0) is 0 Å². The second kappa shape index (κ2) is 6.09. The molecule has 2 rings (SSSR count). The SMILES string of the molecule is Nc1c(Cl)cc(C(=O)NCCCC2CC2)cc1[N+](=O)[O-]. The first-order chi connectivity index (χ1) is 9.49. The first kappa shape index (κ1) is 14.6. The van der Waals surface area contributed by atoms with Crippen molar-refractivity contribution in [3.8, 4) is 0 Å². The molecule has 0 atom stereocenters. The number of carbonyl (C=O) groups excluding carboxylic acids is 1. The Bertz CT molecular complexity index is 544. The van der Waals surface area contributed by atoms with Gasteiger partial charge in [0.1, 0.15) is 5.69 Å². The molecule has 1 amide bonds. The summed E-state index contributed by atoms with van der Waals surface area (Å²) in [7, 11) is 0. The normalized spacial score (nSPS) is 14.1. The van der Waals surface area contributed by atoms with Gasteiger partial charge in [-0.05, 0) is 24.8 Å². The lowest BCUT2D eigenvalue weighted by molar-refractivity contribution is -0.383.